The van der Waals surface area contributed by atoms with E-state index in [0.717, 1.165) is 0 Å². The molecule has 4 atom stereocenters. The Morgan fingerprint density at radius 2 is 0.929 bits per heavy atom. The third kappa shape index (κ3) is 4.38. The van der Waals surface area contributed by atoms with E-state index in [9.17, 15) is 20.4 Å². The molecule has 0 saturated heterocycles. The zero-order chi connectivity index (χ0) is 22.1. The standard InChI is InChI=1S/C23H40O5/c1-10-20(5,24)15-14-16(21(6,25)11-2)18(23(8,27)13-4)19(28-9)17(15)22(7,26)12-3/h14,24-27H,10-13H2,1-9H3. The molecule has 5 heteroatoms. The van der Waals surface area contributed by atoms with Crippen LogP contribution in [0.25, 0.3) is 0 Å². The lowest BCUT2D eigenvalue weighted by molar-refractivity contribution is 0.0135. The van der Waals surface area contributed by atoms with Gasteiger partial charge < -0.3 is 25.2 Å². The molecule has 4 unspecified atom stereocenters. The van der Waals surface area contributed by atoms with Crippen LogP contribution >= 0.6 is 0 Å². The predicted molar refractivity (Wildman–Crippen MR) is 112 cm³/mol. The van der Waals surface area contributed by atoms with Gasteiger partial charge in [0, 0.05) is 11.1 Å². The van der Waals surface area contributed by atoms with E-state index in [2.05, 4.69) is 0 Å². The molecular formula is C23H40O5. The van der Waals surface area contributed by atoms with Gasteiger partial charge >= 0.3 is 0 Å². The second-order valence-corrected chi connectivity index (χ2v) is 8.76. The Labute approximate surface area is 170 Å². The number of hydrogen-bond acceptors (Lipinski definition) is 5. The Hall–Kier alpha value is -1.14. The van der Waals surface area contributed by atoms with Crippen LogP contribution in [0.3, 0.4) is 0 Å². The van der Waals surface area contributed by atoms with Crippen molar-refractivity contribution in [3.8, 4) is 5.75 Å². The molecule has 5 nitrogen and oxygen atoms in total. The van der Waals surface area contributed by atoms with Crippen molar-refractivity contribution in [2.45, 2.75) is 103 Å². The summed E-state index contributed by atoms with van der Waals surface area (Å²) < 4.78 is 5.77. The topological polar surface area (TPSA) is 90.2 Å². The summed E-state index contributed by atoms with van der Waals surface area (Å²) in [6.45, 7) is 14.2. The van der Waals surface area contributed by atoms with Gasteiger partial charge in [-0.1, -0.05) is 27.7 Å². The lowest BCUT2D eigenvalue weighted by Crippen LogP contribution is -2.36. The van der Waals surface area contributed by atoms with Crippen LogP contribution in [0.5, 0.6) is 5.75 Å². The minimum Gasteiger partial charge on any atom is -0.496 e. The van der Waals surface area contributed by atoms with E-state index in [-0.39, 0.29) is 0 Å². The van der Waals surface area contributed by atoms with E-state index in [1.807, 2.05) is 27.7 Å². The maximum absolute atomic E-state index is 11.2. The molecule has 0 aliphatic heterocycles. The molecule has 0 saturated carbocycles. The van der Waals surface area contributed by atoms with Gasteiger partial charge in [-0.15, -0.1) is 0 Å². The van der Waals surface area contributed by atoms with Crippen molar-refractivity contribution < 1.29 is 25.2 Å². The number of ether oxygens (including phenoxy) is 1. The van der Waals surface area contributed by atoms with Gasteiger partial charge in [-0.05, 0) is 70.6 Å². The number of aliphatic hydroxyl groups is 4. The molecule has 0 amide bonds. The van der Waals surface area contributed by atoms with Crippen molar-refractivity contribution >= 4 is 0 Å². The first-order valence-corrected chi connectivity index (χ1v) is 10.3. The smallest absolute Gasteiger partial charge is 0.131 e. The largest absolute Gasteiger partial charge is 0.496 e. The van der Waals surface area contributed by atoms with Crippen LogP contribution in [0.4, 0.5) is 0 Å². The van der Waals surface area contributed by atoms with Crippen molar-refractivity contribution in [1.82, 2.24) is 0 Å². The Kier molecular flexibility index (Phi) is 7.39. The first kappa shape index (κ1) is 24.9. The Balaban J connectivity index is 4.31. The molecule has 0 aromatic heterocycles. The molecule has 1 rings (SSSR count). The van der Waals surface area contributed by atoms with Crippen molar-refractivity contribution in [2.24, 2.45) is 0 Å². The molecule has 0 spiro atoms. The molecule has 0 aliphatic rings. The molecule has 0 fully saturated rings. The summed E-state index contributed by atoms with van der Waals surface area (Å²) in [5.41, 5.74) is -3.10. The number of rotatable bonds is 9. The van der Waals surface area contributed by atoms with Gasteiger partial charge in [-0.3, -0.25) is 0 Å². The van der Waals surface area contributed by atoms with Crippen molar-refractivity contribution in [3.05, 3.63) is 28.3 Å². The zero-order valence-corrected chi connectivity index (χ0v) is 19.1. The van der Waals surface area contributed by atoms with Crippen LogP contribution in [-0.4, -0.2) is 27.5 Å². The van der Waals surface area contributed by atoms with Gasteiger partial charge in [-0.2, -0.15) is 0 Å². The van der Waals surface area contributed by atoms with Crippen molar-refractivity contribution in [2.75, 3.05) is 7.11 Å². The fourth-order valence-electron chi connectivity index (χ4n) is 3.52. The van der Waals surface area contributed by atoms with Gasteiger partial charge in [0.25, 0.3) is 0 Å². The maximum atomic E-state index is 11.2. The first-order chi connectivity index (χ1) is 12.7. The molecule has 0 radical (unpaired) electrons. The molecule has 1 aromatic rings. The number of hydrogen-bond donors (Lipinski definition) is 4. The van der Waals surface area contributed by atoms with E-state index in [4.69, 9.17) is 4.74 Å². The van der Waals surface area contributed by atoms with Crippen LogP contribution in [0.2, 0.25) is 0 Å². The molecule has 0 bridgehead atoms. The zero-order valence-electron chi connectivity index (χ0n) is 19.1. The van der Waals surface area contributed by atoms with E-state index in [0.29, 0.717) is 53.7 Å². The minimum atomic E-state index is -1.28. The highest BCUT2D eigenvalue weighted by Gasteiger charge is 2.43. The molecule has 1 aromatic carbocycles. The van der Waals surface area contributed by atoms with Gasteiger partial charge in [0.05, 0.1) is 29.5 Å². The van der Waals surface area contributed by atoms with Crippen LogP contribution in [0.15, 0.2) is 6.07 Å². The van der Waals surface area contributed by atoms with Gasteiger partial charge in [0.2, 0.25) is 0 Å². The second kappa shape index (κ2) is 8.31. The average molecular weight is 397 g/mol. The van der Waals surface area contributed by atoms with Crippen molar-refractivity contribution in [1.29, 1.82) is 0 Å². The van der Waals surface area contributed by atoms with E-state index in [1.165, 1.54) is 7.11 Å². The summed E-state index contributed by atoms with van der Waals surface area (Å²) >= 11 is 0. The number of methoxy groups -OCH3 is 1. The quantitative estimate of drug-likeness (QED) is 0.503. The summed E-state index contributed by atoms with van der Waals surface area (Å²) in [4.78, 5) is 0. The average Bonchev–Trinajstić information content (AvgIpc) is 2.65. The normalized spacial score (nSPS) is 20.6. The third-order valence-corrected chi connectivity index (χ3v) is 6.48. The van der Waals surface area contributed by atoms with Gasteiger partial charge in [0.15, 0.2) is 0 Å². The van der Waals surface area contributed by atoms with Gasteiger partial charge in [0.1, 0.15) is 5.75 Å². The molecule has 0 aliphatic carbocycles. The highest BCUT2D eigenvalue weighted by molar-refractivity contribution is 5.58. The predicted octanol–water partition coefficient (Wildman–Crippen LogP) is 4.17. The third-order valence-electron chi connectivity index (χ3n) is 6.48. The first-order valence-electron chi connectivity index (χ1n) is 10.3. The van der Waals surface area contributed by atoms with Crippen molar-refractivity contribution in [3.63, 3.8) is 0 Å². The molecule has 162 valence electrons. The lowest BCUT2D eigenvalue weighted by Gasteiger charge is -2.40. The van der Waals surface area contributed by atoms with E-state index < -0.39 is 22.4 Å². The van der Waals surface area contributed by atoms with E-state index >= 15 is 0 Å². The summed E-state index contributed by atoms with van der Waals surface area (Å²) in [5, 5.41) is 44.8. The van der Waals surface area contributed by atoms with E-state index in [1.54, 1.807) is 33.8 Å². The Morgan fingerprint density at radius 3 is 1.14 bits per heavy atom. The lowest BCUT2D eigenvalue weighted by atomic mass is 9.72. The fourth-order valence-corrected chi connectivity index (χ4v) is 3.52. The highest BCUT2D eigenvalue weighted by Crippen LogP contribution is 2.50. The minimum absolute atomic E-state index is 0.327. The second-order valence-electron chi connectivity index (χ2n) is 8.76. The highest BCUT2D eigenvalue weighted by atomic mass is 16.5. The molecule has 0 heterocycles. The summed E-state index contributed by atoms with van der Waals surface area (Å²) in [5.74, 6) is 0.327. The Morgan fingerprint density at radius 1 is 0.643 bits per heavy atom. The summed E-state index contributed by atoms with van der Waals surface area (Å²) in [6, 6.07) is 1.74. The van der Waals surface area contributed by atoms with Crippen LogP contribution < -0.4 is 4.74 Å². The Bertz CT molecular complexity index is 632. The summed E-state index contributed by atoms with van der Waals surface area (Å²) in [6.07, 6.45) is 1.63. The maximum Gasteiger partial charge on any atom is 0.131 e. The number of benzene rings is 1. The fraction of sp³-hybridized carbons (Fsp3) is 0.739. The molecular weight excluding hydrogens is 356 g/mol. The molecule has 4 N–H and O–H groups in total. The SMILES string of the molecule is CCC(C)(O)c1cc(C(C)(O)CC)c(C(C)(O)CC)c(OC)c1C(C)(O)CC. The van der Waals surface area contributed by atoms with Crippen LogP contribution in [0, 0.1) is 0 Å². The van der Waals surface area contributed by atoms with Crippen LogP contribution in [0.1, 0.15) is 103 Å². The summed E-state index contributed by atoms with van der Waals surface area (Å²) in [7, 11) is 1.49. The monoisotopic (exact) mass is 396 g/mol. The molecule has 28 heavy (non-hydrogen) atoms. The van der Waals surface area contributed by atoms with Gasteiger partial charge in [-0.25, -0.2) is 0 Å². The van der Waals surface area contributed by atoms with Crippen LogP contribution in [-0.2, 0) is 22.4 Å².